The van der Waals surface area contributed by atoms with E-state index in [9.17, 15) is 9.18 Å². The van der Waals surface area contributed by atoms with Gasteiger partial charge in [0.25, 0.3) is 0 Å². The number of ether oxygens (including phenoxy) is 1. The molecular weight excluding hydrogens is 315 g/mol. The summed E-state index contributed by atoms with van der Waals surface area (Å²) in [4.78, 5) is 11.7. The molecule has 19 heavy (non-hydrogen) atoms. The van der Waals surface area contributed by atoms with Gasteiger partial charge < -0.3 is 10.5 Å². The van der Waals surface area contributed by atoms with Crippen LogP contribution in [0.2, 0.25) is 10.0 Å². The highest BCUT2D eigenvalue weighted by molar-refractivity contribution is 6.42. The summed E-state index contributed by atoms with van der Waals surface area (Å²) >= 11 is 11.8. The van der Waals surface area contributed by atoms with Crippen LogP contribution in [0.4, 0.5) is 4.39 Å². The zero-order valence-electron chi connectivity index (χ0n) is 10.7. The van der Waals surface area contributed by atoms with Gasteiger partial charge in [-0.3, -0.25) is 4.79 Å². The highest BCUT2D eigenvalue weighted by Gasteiger charge is 2.39. The number of esters is 1. The molecule has 0 aromatic heterocycles. The Morgan fingerprint density at radius 3 is 2.42 bits per heavy atom. The first-order valence-corrected chi connectivity index (χ1v) is 5.96. The molecule has 3 nitrogen and oxygen atoms in total. The van der Waals surface area contributed by atoms with E-state index in [0.717, 1.165) is 6.07 Å². The first-order valence-electron chi connectivity index (χ1n) is 5.20. The maximum Gasteiger partial charge on any atom is 0.313 e. The first-order chi connectivity index (χ1) is 8.23. The number of carbonyl (C=O) groups is 1. The van der Waals surface area contributed by atoms with Crippen molar-refractivity contribution in [3.05, 3.63) is 33.6 Å². The van der Waals surface area contributed by atoms with Crippen LogP contribution in [0.15, 0.2) is 12.1 Å². The van der Waals surface area contributed by atoms with Crippen LogP contribution in [-0.4, -0.2) is 13.1 Å². The van der Waals surface area contributed by atoms with Gasteiger partial charge in [-0.15, -0.1) is 12.4 Å². The molecule has 0 fully saturated rings. The molecule has 0 aliphatic rings. The monoisotopic (exact) mass is 329 g/mol. The van der Waals surface area contributed by atoms with Gasteiger partial charge in [0.05, 0.1) is 22.6 Å². The minimum absolute atomic E-state index is 0. The number of benzene rings is 1. The lowest BCUT2D eigenvalue weighted by atomic mass is 9.81. The topological polar surface area (TPSA) is 52.3 Å². The van der Waals surface area contributed by atoms with Gasteiger partial charge in [0.15, 0.2) is 0 Å². The molecule has 0 aliphatic heterocycles. The van der Waals surface area contributed by atoms with E-state index in [2.05, 4.69) is 4.74 Å². The third-order valence-corrected chi connectivity index (χ3v) is 3.70. The van der Waals surface area contributed by atoms with Crippen molar-refractivity contribution in [3.8, 4) is 0 Å². The van der Waals surface area contributed by atoms with Crippen LogP contribution in [0.1, 0.15) is 25.5 Å². The Morgan fingerprint density at radius 2 is 1.95 bits per heavy atom. The highest BCUT2D eigenvalue weighted by atomic mass is 35.5. The van der Waals surface area contributed by atoms with Gasteiger partial charge in [-0.1, -0.05) is 23.2 Å². The van der Waals surface area contributed by atoms with E-state index in [1.807, 2.05) is 0 Å². The lowest BCUT2D eigenvalue weighted by Gasteiger charge is -2.29. The smallest absolute Gasteiger partial charge is 0.313 e. The average molecular weight is 331 g/mol. The van der Waals surface area contributed by atoms with Gasteiger partial charge >= 0.3 is 5.97 Å². The second kappa shape index (κ2) is 6.75. The Bertz CT molecular complexity index is 480. The summed E-state index contributed by atoms with van der Waals surface area (Å²) in [5.74, 6) is -1.15. The average Bonchev–Trinajstić information content (AvgIpc) is 2.33. The van der Waals surface area contributed by atoms with Gasteiger partial charge in [-0.05, 0) is 26.0 Å². The Balaban J connectivity index is 0.00000324. The summed E-state index contributed by atoms with van der Waals surface area (Å²) < 4.78 is 18.5. The molecule has 0 spiro atoms. The number of rotatable bonds is 3. The maximum atomic E-state index is 13.8. The van der Waals surface area contributed by atoms with Crippen molar-refractivity contribution >= 4 is 41.6 Å². The normalized spacial score (nSPS) is 12.6. The number of nitrogens with two attached hydrogens (primary N) is 1. The first kappa shape index (κ1) is 18.4. The summed E-state index contributed by atoms with van der Waals surface area (Å²) in [6.07, 6.45) is 0. The fourth-order valence-corrected chi connectivity index (χ4v) is 2.01. The molecule has 0 saturated heterocycles. The van der Waals surface area contributed by atoms with E-state index in [-0.39, 0.29) is 28.0 Å². The van der Waals surface area contributed by atoms with Crippen molar-refractivity contribution in [2.45, 2.75) is 19.9 Å². The quantitative estimate of drug-likeness (QED) is 0.678. The van der Waals surface area contributed by atoms with E-state index < -0.39 is 23.2 Å². The van der Waals surface area contributed by atoms with E-state index in [1.54, 1.807) is 13.8 Å². The Kier molecular flexibility index (Phi) is 6.55. The fourth-order valence-electron chi connectivity index (χ4n) is 1.58. The summed E-state index contributed by atoms with van der Waals surface area (Å²) in [6, 6.07) is 1.54. The number of halogens is 4. The standard InChI is InChI=1S/C12H14Cl2FNO2.ClH/c1-12(2,11(17)18-3)10(16)8-7(15)5-4-6(13)9(8)14;/h4-5,10H,16H2,1-3H3;1H/t10-;/m0./s1. The molecule has 0 aliphatic carbocycles. The highest BCUT2D eigenvalue weighted by Crippen LogP contribution is 2.39. The lowest BCUT2D eigenvalue weighted by molar-refractivity contribution is -0.152. The molecule has 0 amide bonds. The van der Waals surface area contributed by atoms with Crippen molar-refractivity contribution in [2.24, 2.45) is 11.1 Å². The second-order valence-electron chi connectivity index (χ2n) is 4.45. The molecule has 1 rings (SSSR count). The van der Waals surface area contributed by atoms with Crippen molar-refractivity contribution in [1.29, 1.82) is 0 Å². The Hall–Kier alpha value is -0.550. The van der Waals surface area contributed by atoms with E-state index >= 15 is 0 Å². The molecule has 1 aromatic rings. The summed E-state index contributed by atoms with van der Waals surface area (Å²) in [5, 5.41) is 0.199. The molecule has 0 heterocycles. The molecule has 0 radical (unpaired) electrons. The Morgan fingerprint density at radius 1 is 1.42 bits per heavy atom. The van der Waals surface area contributed by atoms with Crippen molar-refractivity contribution in [1.82, 2.24) is 0 Å². The lowest BCUT2D eigenvalue weighted by Crippen LogP contribution is -2.38. The van der Waals surface area contributed by atoms with E-state index in [1.165, 1.54) is 13.2 Å². The molecule has 0 saturated carbocycles. The van der Waals surface area contributed by atoms with Gasteiger partial charge in [-0.2, -0.15) is 0 Å². The number of hydrogen-bond acceptors (Lipinski definition) is 3. The van der Waals surface area contributed by atoms with Crippen LogP contribution in [0, 0.1) is 11.2 Å². The maximum absolute atomic E-state index is 13.8. The predicted molar refractivity (Wildman–Crippen MR) is 76.4 cm³/mol. The summed E-state index contributed by atoms with van der Waals surface area (Å²) in [7, 11) is 1.24. The van der Waals surface area contributed by atoms with Crippen molar-refractivity contribution in [3.63, 3.8) is 0 Å². The number of carbonyl (C=O) groups excluding carboxylic acids is 1. The summed E-state index contributed by atoms with van der Waals surface area (Å²) in [6.45, 7) is 3.11. The fraction of sp³-hybridized carbons (Fsp3) is 0.417. The van der Waals surface area contributed by atoms with Gasteiger partial charge in [0.2, 0.25) is 0 Å². The molecule has 0 unspecified atom stereocenters. The third kappa shape index (κ3) is 3.51. The minimum atomic E-state index is -1.12. The molecule has 108 valence electrons. The molecular formula is C12H15Cl3FNO2. The molecule has 0 bridgehead atoms. The van der Waals surface area contributed by atoms with Gasteiger partial charge in [0.1, 0.15) is 5.82 Å². The Labute approximate surface area is 127 Å². The SMILES string of the molecule is COC(=O)C(C)(C)[C@@H](N)c1c(F)ccc(Cl)c1Cl.Cl. The number of hydrogen-bond donors (Lipinski definition) is 1. The molecule has 2 N–H and O–H groups in total. The number of methoxy groups -OCH3 is 1. The zero-order chi connectivity index (χ0) is 14.1. The van der Waals surface area contributed by atoms with E-state index in [0.29, 0.717) is 0 Å². The summed E-state index contributed by atoms with van der Waals surface area (Å²) in [5.41, 5.74) is 4.83. The van der Waals surface area contributed by atoms with Crippen LogP contribution in [0.3, 0.4) is 0 Å². The van der Waals surface area contributed by atoms with Crippen LogP contribution in [0.5, 0.6) is 0 Å². The molecule has 1 atom stereocenters. The van der Waals surface area contributed by atoms with Crippen molar-refractivity contribution in [2.75, 3.05) is 7.11 Å². The minimum Gasteiger partial charge on any atom is -0.469 e. The largest absolute Gasteiger partial charge is 0.469 e. The van der Waals surface area contributed by atoms with Crippen molar-refractivity contribution < 1.29 is 13.9 Å². The molecule has 7 heteroatoms. The second-order valence-corrected chi connectivity index (χ2v) is 5.23. The third-order valence-electron chi connectivity index (χ3n) is 2.88. The van der Waals surface area contributed by atoms with Crippen LogP contribution in [-0.2, 0) is 9.53 Å². The predicted octanol–water partition coefficient (Wildman–Crippen LogP) is 3.75. The zero-order valence-corrected chi connectivity index (χ0v) is 13.0. The van der Waals surface area contributed by atoms with E-state index in [4.69, 9.17) is 28.9 Å². The van der Waals surface area contributed by atoms with Gasteiger partial charge in [-0.25, -0.2) is 4.39 Å². The van der Waals surface area contributed by atoms with Gasteiger partial charge in [0, 0.05) is 11.6 Å². The van der Waals surface area contributed by atoms with Crippen LogP contribution < -0.4 is 5.73 Å². The molecule has 1 aromatic carbocycles. The van der Waals surface area contributed by atoms with Crippen LogP contribution >= 0.6 is 35.6 Å². The van der Waals surface area contributed by atoms with Crippen LogP contribution in [0.25, 0.3) is 0 Å².